The number of nitrogens with one attached hydrogen (secondary N) is 1. The molecule has 7 heteroatoms. The molecule has 2 aromatic heterocycles. The van der Waals surface area contributed by atoms with E-state index < -0.39 is 0 Å². The number of rotatable bonds is 3. The quantitative estimate of drug-likeness (QED) is 0.669. The smallest absolute Gasteiger partial charge is 0.240 e. The number of hydrogen-bond donors (Lipinski definition) is 2. The summed E-state index contributed by atoms with van der Waals surface area (Å²) >= 11 is 3.76. The van der Waals surface area contributed by atoms with Crippen LogP contribution in [0.5, 0.6) is 0 Å². The van der Waals surface area contributed by atoms with Gasteiger partial charge in [0.15, 0.2) is 0 Å². The van der Waals surface area contributed by atoms with Crippen molar-refractivity contribution in [2.45, 2.75) is 38.5 Å². The molecule has 5 nitrogen and oxygen atoms in total. The van der Waals surface area contributed by atoms with E-state index >= 15 is 0 Å². The number of hydrazine groups is 1. The van der Waals surface area contributed by atoms with Crippen LogP contribution in [-0.2, 0) is 6.42 Å². The van der Waals surface area contributed by atoms with Crippen LogP contribution in [0.25, 0.3) is 10.2 Å². The molecular formula is C14H21N5S2. The third kappa shape index (κ3) is 2.69. The monoisotopic (exact) mass is 323 g/mol. The Kier molecular flexibility index (Phi) is 4.24. The lowest BCUT2D eigenvalue weighted by Gasteiger charge is -2.38. The van der Waals surface area contributed by atoms with Gasteiger partial charge in [-0.25, -0.2) is 10.8 Å². The zero-order chi connectivity index (χ0) is 15.0. The normalized spacial score (nSPS) is 22.8. The zero-order valence-electron chi connectivity index (χ0n) is 12.6. The maximum absolute atomic E-state index is 5.55. The number of fused-ring (bicyclic) bond motifs is 1. The Balaban J connectivity index is 2.12. The van der Waals surface area contributed by atoms with Gasteiger partial charge in [-0.1, -0.05) is 13.8 Å². The molecule has 1 fully saturated rings. The van der Waals surface area contributed by atoms with E-state index in [0.717, 1.165) is 34.8 Å². The van der Waals surface area contributed by atoms with E-state index in [1.807, 2.05) is 11.8 Å². The molecule has 21 heavy (non-hydrogen) atoms. The third-order valence-corrected chi connectivity index (χ3v) is 6.57. The minimum atomic E-state index is 0.456. The van der Waals surface area contributed by atoms with Gasteiger partial charge < -0.3 is 4.90 Å². The lowest BCUT2D eigenvalue weighted by molar-refractivity contribution is 0.622. The maximum atomic E-state index is 5.55. The molecule has 0 spiro atoms. The fraction of sp³-hybridized carbons (Fsp3) is 0.571. The van der Waals surface area contributed by atoms with E-state index in [0.29, 0.717) is 17.2 Å². The Hall–Kier alpha value is -1.05. The van der Waals surface area contributed by atoms with Gasteiger partial charge in [0.05, 0.1) is 5.39 Å². The number of thioether (sulfide) groups is 1. The molecular weight excluding hydrogens is 302 g/mol. The first kappa shape index (κ1) is 14.9. The summed E-state index contributed by atoms with van der Waals surface area (Å²) in [5, 5.41) is 1.75. The van der Waals surface area contributed by atoms with Crippen molar-refractivity contribution in [2.75, 3.05) is 22.6 Å². The van der Waals surface area contributed by atoms with Crippen LogP contribution >= 0.6 is 23.1 Å². The Bertz CT molecular complexity index is 642. The molecule has 3 N–H and O–H groups in total. The second kappa shape index (κ2) is 5.98. The van der Waals surface area contributed by atoms with Crippen molar-refractivity contribution in [3.63, 3.8) is 0 Å². The minimum absolute atomic E-state index is 0.456. The van der Waals surface area contributed by atoms with Crippen molar-refractivity contribution < 1.29 is 0 Å². The highest BCUT2D eigenvalue weighted by Gasteiger charge is 2.28. The first-order chi connectivity index (χ1) is 10.1. The van der Waals surface area contributed by atoms with Crippen LogP contribution in [0.3, 0.4) is 0 Å². The third-order valence-electron chi connectivity index (χ3n) is 4.06. The van der Waals surface area contributed by atoms with Gasteiger partial charge in [-0.3, -0.25) is 5.43 Å². The predicted molar refractivity (Wildman–Crippen MR) is 93.3 cm³/mol. The number of nitrogen functional groups attached to an aromatic ring is 1. The Labute approximate surface area is 133 Å². The van der Waals surface area contributed by atoms with E-state index in [2.05, 4.69) is 47.1 Å². The van der Waals surface area contributed by atoms with Crippen molar-refractivity contribution in [3.05, 3.63) is 10.9 Å². The maximum Gasteiger partial charge on any atom is 0.240 e. The number of hydrogen-bond acceptors (Lipinski definition) is 7. The highest BCUT2D eigenvalue weighted by atomic mass is 32.2. The molecule has 0 aliphatic carbocycles. The molecule has 0 aromatic carbocycles. The van der Waals surface area contributed by atoms with Gasteiger partial charge in [0.1, 0.15) is 10.6 Å². The second-order valence-electron chi connectivity index (χ2n) is 5.31. The molecule has 0 amide bonds. The van der Waals surface area contributed by atoms with E-state index in [-0.39, 0.29) is 0 Å². The molecule has 0 radical (unpaired) electrons. The summed E-state index contributed by atoms with van der Waals surface area (Å²) in [6.45, 7) is 7.74. The van der Waals surface area contributed by atoms with Gasteiger partial charge in [0.2, 0.25) is 5.95 Å². The van der Waals surface area contributed by atoms with Crippen LogP contribution < -0.4 is 16.2 Å². The van der Waals surface area contributed by atoms with Gasteiger partial charge in [0.25, 0.3) is 0 Å². The van der Waals surface area contributed by atoms with Gasteiger partial charge in [0, 0.05) is 28.5 Å². The number of nitrogens with zero attached hydrogens (tertiary/aromatic N) is 3. The molecule has 0 saturated carbocycles. The van der Waals surface area contributed by atoms with E-state index in [1.165, 1.54) is 4.88 Å². The molecule has 1 aliphatic heterocycles. The fourth-order valence-corrected chi connectivity index (χ4v) is 4.71. The van der Waals surface area contributed by atoms with Crippen LogP contribution in [0, 0.1) is 0 Å². The largest absolute Gasteiger partial charge is 0.351 e. The van der Waals surface area contributed by atoms with E-state index in [4.69, 9.17) is 5.84 Å². The average molecular weight is 323 g/mol. The fourth-order valence-electron chi connectivity index (χ4n) is 2.65. The summed E-state index contributed by atoms with van der Waals surface area (Å²) in [5.41, 5.74) is 2.60. The summed E-state index contributed by atoms with van der Waals surface area (Å²) in [6, 6.07) is 2.69. The van der Waals surface area contributed by atoms with E-state index in [9.17, 15) is 0 Å². The van der Waals surface area contributed by atoms with Gasteiger partial charge in [-0.05, 0) is 19.4 Å². The van der Waals surface area contributed by atoms with Crippen LogP contribution in [0.2, 0.25) is 0 Å². The summed E-state index contributed by atoms with van der Waals surface area (Å²) in [7, 11) is 0. The highest BCUT2D eigenvalue weighted by molar-refractivity contribution is 8.00. The Morgan fingerprint density at radius 1 is 1.43 bits per heavy atom. The molecule has 2 aromatic rings. The lowest BCUT2D eigenvalue weighted by atomic mass is 10.2. The first-order valence-corrected chi connectivity index (χ1v) is 9.16. The number of anilines is 2. The average Bonchev–Trinajstić information content (AvgIpc) is 2.92. The molecule has 3 heterocycles. The summed E-state index contributed by atoms with van der Waals surface area (Å²) in [5.74, 6) is 8.20. The predicted octanol–water partition coefficient (Wildman–Crippen LogP) is 2.87. The topological polar surface area (TPSA) is 67.1 Å². The number of nitrogens with two attached hydrogens (primary N) is 1. The molecule has 3 rings (SSSR count). The second-order valence-corrected chi connectivity index (χ2v) is 7.91. The minimum Gasteiger partial charge on any atom is -0.351 e. The summed E-state index contributed by atoms with van der Waals surface area (Å²) in [6.07, 6.45) is 1.02. The first-order valence-electron chi connectivity index (χ1n) is 7.29. The molecule has 1 saturated heterocycles. The molecule has 114 valence electrons. The Morgan fingerprint density at radius 3 is 2.95 bits per heavy atom. The number of aryl methyl sites for hydroxylation is 1. The van der Waals surface area contributed by atoms with Crippen molar-refractivity contribution >= 4 is 45.1 Å². The van der Waals surface area contributed by atoms with Crippen LogP contribution in [-0.4, -0.2) is 33.6 Å². The van der Waals surface area contributed by atoms with Gasteiger partial charge in [-0.15, -0.1) is 11.3 Å². The molecule has 2 atom stereocenters. The van der Waals surface area contributed by atoms with Gasteiger partial charge >= 0.3 is 0 Å². The number of aromatic nitrogens is 2. The van der Waals surface area contributed by atoms with Crippen molar-refractivity contribution in [1.29, 1.82) is 0 Å². The molecule has 2 unspecified atom stereocenters. The standard InChI is InChI=1S/C14H21N5S2/c1-4-10-7-11-12(16-14(18-15)17-13(11)21-10)19-5-6-20-9(3)8(19)2/h7-9H,4-6,15H2,1-3H3,(H,16,17,18). The SMILES string of the molecule is CCc1cc2c(N3CCSC(C)C3C)nc(NN)nc2s1. The van der Waals surface area contributed by atoms with Crippen molar-refractivity contribution in [3.8, 4) is 0 Å². The van der Waals surface area contributed by atoms with Crippen LogP contribution in [0.1, 0.15) is 25.6 Å². The number of thiophene rings is 1. The van der Waals surface area contributed by atoms with Crippen LogP contribution in [0.4, 0.5) is 11.8 Å². The summed E-state index contributed by atoms with van der Waals surface area (Å²) in [4.78, 5) is 13.9. The summed E-state index contributed by atoms with van der Waals surface area (Å²) < 4.78 is 0. The van der Waals surface area contributed by atoms with E-state index in [1.54, 1.807) is 11.3 Å². The molecule has 1 aliphatic rings. The van der Waals surface area contributed by atoms with Crippen LogP contribution in [0.15, 0.2) is 6.07 Å². The van der Waals surface area contributed by atoms with Crippen molar-refractivity contribution in [1.82, 2.24) is 9.97 Å². The molecule has 0 bridgehead atoms. The lowest BCUT2D eigenvalue weighted by Crippen LogP contribution is -2.45. The van der Waals surface area contributed by atoms with Crippen molar-refractivity contribution in [2.24, 2.45) is 5.84 Å². The van der Waals surface area contributed by atoms with Gasteiger partial charge in [-0.2, -0.15) is 16.7 Å². The zero-order valence-corrected chi connectivity index (χ0v) is 14.2. The highest BCUT2D eigenvalue weighted by Crippen LogP contribution is 2.36. The Morgan fingerprint density at radius 2 is 2.24 bits per heavy atom.